The number of hydrogen-bond donors (Lipinski definition) is 2. The van der Waals surface area contributed by atoms with Gasteiger partial charge in [-0.05, 0) is 48.8 Å². The van der Waals surface area contributed by atoms with E-state index < -0.39 is 12.7 Å². The minimum absolute atomic E-state index is 0.0158. The Balaban J connectivity index is 1.78. The number of alkyl halides is 3. The second-order valence-corrected chi connectivity index (χ2v) is 7.52. The van der Waals surface area contributed by atoms with Crippen LogP contribution in [-0.2, 0) is 5.41 Å². The molecule has 2 rings (SSSR count). The summed E-state index contributed by atoms with van der Waals surface area (Å²) in [5, 5.41) is 6.12. The zero-order valence-electron chi connectivity index (χ0n) is 14.1. The first kappa shape index (κ1) is 18.1. The summed E-state index contributed by atoms with van der Waals surface area (Å²) in [7, 11) is 0. The second-order valence-electron chi connectivity index (χ2n) is 7.52. The molecule has 0 aliphatic heterocycles. The Morgan fingerprint density at radius 2 is 1.43 bits per heavy atom. The molecule has 1 aromatic rings. The van der Waals surface area contributed by atoms with Crippen LogP contribution in [0.25, 0.3) is 0 Å². The number of nitrogens with one attached hydrogen (secondary N) is 2. The van der Waals surface area contributed by atoms with E-state index >= 15 is 0 Å². The highest BCUT2D eigenvalue weighted by Crippen LogP contribution is 2.26. The van der Waals surface area contributed by atoms with Gasteiger partial charge in [-0.3, -0.25) is 0 Å². The SMILES string of the molecule is CC(C)(C)c1ccc(NC2CCC(NCC(F)(F)F)CC2)cc1. The van der Waals surface area contributed by atoms with E-state index in [1.807, 2.05) is 0 Å². The van der Waals surface area contributed by atoms with Crippen molar-refractivity contribution in [3.63, 3.8) is 0 Å². The van der Waals surface area contributed by atoms with Crippen molar-refractivity contribution in [2.45, 2.75) is 70.1 Å². The molecule has 1 aliphatic rings. The minimum Gasteiger partial charge on any atom is -0.382 e. The van der Waals surface area contributed by atoms with Crippen LogP contribution in [0, 0.1) is 0 Å². The molecule has 23 heavy (non-hydrogen) atoms. The Bertz CT molecular complexity index is 480. The van der Waals surface area contributed by atoms with Gasteiger partial charge in [-0.15, -0.1) is 0 Å². The lowest BCUT2D eigenvalue weighted by Crippen LogP contribution is -2.41. The fraction of sp³-hybridized carbons (Fsp3) is 0.667. The Labute approximate surface area is 136 Å². The van der Waals surface area contributed by atoms with Crippen LogP contribution in [0.2, 0.25) is 0 Å². The quantitative estimate of drug-likeness (QED) is 0.825. The van der Waals surface area contributed by atoms with E-state index in [0.29, 0.717) is 6.04 Å². The van der Waals surface area contributed by atoms with Crippen LogP contribution in [0.5, 0.6) is 0 Å². The monoisotopic (exact) mass is 328 g/mol. The van der Waals surface area contributed by atoms with Gasteiger partial charge in [0, 0.05) is 17.8 Å². The first-order valence-electron chi connectivity index (χ1n) is 8.31. The van der Waals surface area contributed by atoms with E-state index in [0.717, 1.165) is 31.4 Å². The predicted molar refractivity (Wildman–Crippen MR) is 88.9 cm³/mol. The summed E-state index contributed by atoms with van der Waals surface area (Å²) in [6.07, 6.45) is -0.751. The van der Waals surface area contributed by atoms with E-state index in [1.54, 1.807) is 0 Å². The summed E-state index contributed by atoms with van der Waals surface area (Å²) in [4.78, 5) is 0. The maximum Gasteiger partial charge on any atom is 0.401 e. The van der Waals surface area contributed by atoms with Gasteiger partial charge in [-0.25, -0.2) is 0 Å². The molecule has 0 heterocycles. The molecule has 0 radical (unpaired) electrons. The lowest BCUT2D eigenvalue weighted by Gasteiger charge is -2.30. The molecule has 2 N–H and O–H groups in total. The van der Waals surface area contributed by atoms with E-state index in [9.17, 15) is 13.2 Å². The largest absolute Gasteiger partial charge is 0.401 e. The number of hydrogen-bond acceptors (Lipinski definition) is 2. The van der Waals surface area contributed by atoms with Gasteiger partial charge in [0.2, 0.25) is 0 Å². The zero-order chi connectivity index (χ0) is 17.1. The van der Waals surface area contributed by atoms with Crippen LogP contribution >= 0.6 is 0 Å². The molecule has 0 amide bonds. The third-order valence-electron chi connectivity index (χ3n) is 4.44. The Morgan fingerprint density at radius 1 is 0.913 bits per heavy atom. The number of anilines is 1. The summed E-state index contributed by atoms with van der Waals surface area (Å²) in [5.74, 6) is 0. The van der Waals surface area contributed by atoms with Gasteiger partial charge in [0.15, 0.2) is 0 Å². The summed E-state index contributed by atoms with van der Waals surface area (Å²) >= 11 is 0. The molecule has 0 aromatic heterocycles. The number of rotatable bonds is 4. The van der Waals surface area contributed by atoms with Crippen LogP contribution in [-0.4, -0.2) is 24.8 Å². The smallest absolute Gasteiger partial charge is 0.382 e. The van der Waals surface area contributed by atoms with Gasteiger partial charge in [0.25, 0.3) is 0 Å². The first-order valence-corrected chi connectivity index (χ1v) is 8.31. The maximum atomic E-state index is 12.2. The Hall–Kier alpha value is -1.23. The van der Waals surface area contributed by atoms with Gasteiger partial charge in [-0.1, -0.05) is 32.9 Å². The number of halogens is 3. The summed E-state index contributed by atoms with van der Waals surface area (Å²) in [6, 6.07) is 8.79. The molecule has 130 valence electrons. The molecule has 1 aliphatic carbocycles. The average molecular weight is 328 g/mol. The van der Waals surface area contributed by atoms with Crippen molar-refractivity contribution in [2.75, 3.05) is 11.9 Å². The molecule has 2 nitrogen and oxygen atoms in total. The van der Waals surface area contributed by atoms with Crippen molar-refractivity contribution < 1.29 is 13.2 Å². The van der Waals surface area contributed by atoms with Crippen molar-refractivity contribution in [1.29, 1.82) is 0 Å². The van der Waals surface area contributed by atoms with Crippen LogP contribution in [0.1, 0.15) is 52.0 Å². The molecule has 0 bridgehead atoms. The predicted octanol–water partition coefficient (Wildman–Crippen LogP) is 4.86. The minimum atomic E-state index is -4.12. The van der Waals surface area contributed by atoms with Crippen molar-refractivity contribution in [3.05, 3.63) is 29.8 Å². The fourth-order valence-corrected chi connectivity index (χ4v) is 3.00. The Morgan fingerprint density at radius 3 is 1.91 bits per heavy atom. The van der Waals surface area contributed by atoms with Crippen LogP contribution in [0.3, 0.4) is 0 Å². The molecule has 0 saturated heterocycles. The molecule has 1 aromatic carbocycles. The molecular formula is C18H27F3N2. The van der Waals surface area contributed by atoms with Crippen molar-refractivity contribution in [3.8, 4) is 0 Å². The highest BCUT2D eigenvalue weighted by atomic mass is 19.4. The van der Waals surface area contributed by atoms with Crippen molar-refractivity contribution in [2.24, 2.45) is 0 Å². The van der Waals surface area contributed by atoms with Gasteiger partial charge in [-0.2, -0.15) is 13.2 Å². The fourth-order valence-electron chi connectivity index (χ4n) is 3.00. The van der Waals surface area contributed by atoms with Gasteiger partial charge < -0.3 is 10.6 Å². The van der Waals surface area contributed by atoms with E-state index in [1.165, 1.54) is 5.56 Å². The van der Waals surface area contributed by atoms with Crippen LogP contribution < -0.4 is 10.6 Å². The number of benzene rings is 1. The average Bonchev–Trinajstić information content (AvgIpc) is 2.45. The molecule has 1 saturated carbocycles. The van der Waals surface area contributed by atoms with E-state index in [-0.39, 0.29) is 11.5 Å². The summed E-state index contributed by atoms with van der Waals surface area (Å²) in [5.41, 5.74) is 2.52. The molecule has 0 atom stereocenters. The Kier molecular flexibility index (Phi) is 5.61. The third-order valence-corrected chi connectivity index (χ3v) is 4.44. The normalized spacial score (nSPS) is 22.9. The summed E-state index contributed by atoms with van der Waals surface area (Å²) < 4.78 is 36.6. The van der Waals surface area contributed by atoms with E-state index in [4.69, 9.17) is 0 Å². The highest BCUT2D eigenvalue weighted by molar-refractivity contribution is 5.46. The summed E-state index contributed by atoms with van der Waals surface area (Å²) in [6.45, 7) is 5.67. The van der Waals surface area contributed by atoms with Gasteiger partial charge in [0.05, 0.1) is 6.54 Å². The lowest BCUT2D eigenvalue weighted by atomic mass is 9.87. The highest BCUT2D eigenvalue weighted by Gasteiger charge is 2.29. The van der Waals surface area contributed by atoms with Crippen molar-refractivity contribution >= 4 is 5.69 Å². The van der Waals surface area contributed by atoms with E-state index in [2.05, 4.69) is 55.7 Å². The maximum absolute atomic E-state index is 12.2. The van der Waals surface area contributed by atoms with Crippen LogP contribution in [0.15, 0.2) is 24.3 Å². The molecule has 0 unspecified atom stereocenters. The third kappa shape index (κ3) is 6.05. The molecule has 0 spiro atoms. The lowest BCUT2D eigenvalue weighted by molar-refractivity contribution is -0.126. The van der Waals surface area contributed by atoms with Gasteiger partial charge >= 0.3 is 6.18 Å². The van der Waals surface area contributed by atoms with Crippen molar-refractivity contribution in [1.82, 2.24) is 5.32 Å². The standard InChI is InChI=1S/C18H27F3N2/c1-17(2,3)13-4-6-15(7-5-13)23-16-10-8-14(9-11-16)22-12-18(19,20)21/h4-7,14,16,22-23H,8-12H2,1-3H3. The molecule has 5 heteroatoms. The van der Waals surface area contributed by atoms with Crippen LogP contribution in [0.4, 0.5) is 18.9 Å². The van der Waals surface area contributed by atoms with Gasteiger partial charge in [0.1, 0.15) is 0 Å². The molecular weight excluding hydrogens is 301 g/mol. The second kappa shape index (κ2) is 7.12. The first-order chi connectivity index (χ1) is 10.6. The molecule has 1 fully saturated rings. The topological polar surface area (TPSA) is 24.1 Å². The zero-order valence-corrected chi connectivity index (χ0v) is 14.1.